The number of carbonyl (C=O) groups is 3. The number of nitrogens with one attached hydrogen (secondary N) is 1. The zero-order chi connectivity index (χ0) is 22.9. The molecule has 162 valence electrons. The lowest BCUT2D eigenvalue weighted by atomic mass is 10.2. The fourth-order valence-corrected chi connectivity index (χ4v) is 2.92. The second kappa shape index (κ2) is 10.6. The van der Waals surface area contributed by atoms with E-state index in [-0.39, 0.29) is 24.3 Å². The van der Waals surface area contributed by atoms with Gasteiger partial charge in [0.05, 0.1) is 24.3 Å². The van der Waals surface area contributed by atoms with E-state index >= 15 is 0 Å². The molecule has 0 saturated heterocycles. The zero-order valence-corrected chi connectivity index (χ0v) is 17.4. The summed E-state index contributed by atoms with van der Waals surface area (Å²) in [6, 6.07) is 20.1. The van der Waals surface area contributed by atoms with Crippen LogP contribution in [0.3, 0.4) is 0 Å². The molecular formula is C24H21N3O5. The van der Waals surface area contributed by atoms with Crippen LogP contribution in [0.25, 0.3) is 0 Å². The molecule has 1 atom stereocenters. The van der Waals surface area contributed by atoms with E-state index in [1.807, 2.05) is 12.1 Å². The lowest BCUT2D eigenvalue weighted by molar-refractivity contribution is -0.126. The molecule has 0 aliphatic rings. The van der Waals surface area contributed by atoms with Crippen molar-refractivity contribution in [2.45, 2.75) is 19.4 Å². The first kappa shape index (κ1) is 22.3. The SMILES string of the molecule is CC(OC(=O)c1ccc(NC(=O)c2ccco2)cc1)C(=O)N(CCC#N)c1ccccc1. The molecule has 0 fully saturated rings. The summed E-state index contributed by atoms with van der Waals surface area (Å²) in [6.07, 6.45) is 0.488. The summed E-state index contributed by atoms with van der Waals surface area (Å²) in [4.78, 5) is 38.8. The molecule has 1 unspecified atom stereocenters. The van der Waals surface area contributed by atoms with Gasteiger partial charge in [0, 0.05) is 17.9 Å². The molecular weight excluding hydrogens is 410 g/mol. The van der Waals surface area contributed by atoms with Crippen molar-refractivity contribution in [3.63, 3.8) is 0 Å². The minimum absolute atomic E-state index is 0.145. The van der Waals surface area contributed by atoms with E-state index in [0.29, 0.717) is 11.4 Å². The van der Waals surface area contributed by atoms with E-state index in [9.17, 15) is 14.4 Å². The Hall–Kier alpha value is -4.38. The number of amides is 2. The number of furan rings is 1. The molecule has 3 rings (SSSR count). The van der Waals surface area contributed by atoms with Gasteiger partial charge in [0.1, 0.15) is 0 Å². The normalized spacial score (nSPS) is 11.1. The van der Waals surface area contributed by atoms with Crippen LogP contribution >= 0.6 is 0 Å². The van der Waals surface area contributed by atoms with Gasteiger partial charge in [0.15, 0.2) is 11.9 Å². The molecule has 2 amide bonds. The first-order valence-corrected chi connectivity index (χ1v) is 9.89. The number of carbonyl (C=O) groups excluding carboxylic acids is 3. The largest absolute Gasteiger partial charge is 0.459 e. The van der Waals surface area contributed by atoms with E-state index in [2.05, 4.69) is 5.32 Å². The summed E-state index contributed by atoms with van der Waals surface area (Å²) in [5.74, 6) is -1.35. The Morgan fingerprint density at radius 2 is 1.78 bits per heavy atom. The van der Waals surface area contributed by atoms with Crippen molar-refractivity contribution in [3.05, 3.63) is 84.3 Å². The van der Waals surface area contributed by atoms with Gasteiger partial charge < -0.3 is 19.4 Å². The summed E-state index contributed by atoms with van der Waals surface area (Å²) in [5, 5.41) is 11.6. The highest BCUT2D eigenvalue weighted by Crippen LogP contribution is 2.17. The number of ether oxygens (including phenoxy) is 1. The predicted octanol–water partition coefficient (Wildman–Crippen LogP) is 4.02. The number of esters is 1. The number of nitriles is 1. The van der Waals surface area contributed by atoms with Gasteiger partial charge in [0.2, 0.25) is 0 Å². The second-order valence-corrected chi connectivity index (χ2v) is 6.79. The number of hydrogen-bond donors (Lipinski definition) is 1. The molecule has 0 aliphatic heterocycles. The van der Waals surface area contributed by atoms with Gasteiger partial charge in [-0.05, 0) is 55.5 Å². The Bertz CT molecular complexity index is 1100. The van der Waals surface area contributed by atoms with Crippen molar-refractivity contribution in [2.75, 3.05) is 16.8 Å². The monoisotopic (exact) mass is 431 g/mol. The number of nitrogens with zero attached hydrogens (tertiary/aromatic N) is 2. The Labute approximate surface area is 185 Å². The highest BCUT2D eigenvalue weighted by atomic mass is 16.5. The van der Waals surface area contributed by atoms with Crippen molar-refractivity contribution in [1.29, 1.82) is 5.26 Å². The first-order valence-electron chi connectivity index (χ1n) is 9.89. The van der Waals surface area contributed by atoms with E-state index in [4.69, 9.17) is 14.4 Å². The quantitative estimate of drug-likeness (QED) is 0.539. The molecule has 0 radical (unpaired) electrons. The van der Waals surface area contributed by atoms with Crippen molar-refractivity contribution >= 4 is 29.2 Å². The van der Waals surface area contributed by atoms with E-state index in [1.54, 1.807) is 42.5 Å². The molecule has 0 aliphatic carbocycles. The standard InChI is InChI=1S/C24H21N3O5/c1-17(23(29)27(15-6-14-25)20-7-3-2-4-8-20)32-24(30)18-10-12-19(13-11-18)26-22(28)21-9-5-16-31-21/h2-5,7-13,16-17H,6,15H2,1H3,(H,26,28). The number of benzene rings is 2. The van der Waals surface area contributed by atoms with Crippen LogP contribution in [0.15, 0.2) is 77.4 Å². The third-order valence-electron chi connectivity index (χ3n) is 4.54. The van der Waals surface area contributed by atoms with E-state index in [1.165, 1.54) is 36.3 Å². The average Bonchev–Trinajstić information content (AvgIpc) is 3.35. The summed E-state index contributed by atoms with van der Waals surface area (Å²) >= 11 is 0. The van der Waals surface area contributed by atoms with Gasteiger partial charge >= 0.3 is 5.97 Å². The van der Waals surface area contributed by atoms with Crippen molar-refractivity contribution < 1.29 is 23.5 Å². The minimum Gasteiger partial charge on any atom is -0.459 e. The molecule has 8 heteroatoms. The molecule has 0 spiro atoms. The molecule has 0 bridgehead atoms. The number of anilines is 2. The van der Waals surface area contributed by atoms with Crippen LogP contribution in [0.5, 0.6) is 0 Å². The second-order valence-electron chi connectivity index (χ2n) is 6.79. The van der Waals surface area contributed by atoms with E-state index < -0.39 is 23.9 Å². The van der Waals surface area contributed by atoms with Crippen molar-refractivity contribution in [3.8, 4) is 6.07 Å². The smallest absolute Gasteiger partial charge is 0.338 e. The molecule has 1 heterocycles. The predicted molar refractivity (Wildman–Crippen MR) is 117 cm³/mol. The van der Waals surface area contributed by atoms with Crippen LogP contribution in [0.2, 0.25) is 0 Å². The maximum atomic E-state index is 12.9. The van der Waals surface area contributed by atoms with Gasteiger partial charge in [-0.1, -0.05) is 18.2 Å². The third kappa shape index (κ3) is 5.61. The van der Waals surface area contributed by atoms with Gasteiger partial charge in [0.25, 0.3) is 11.8 Å². The summed E-state index contributed by atoms with van der Waals surface area (Å²) in [5.41, 5.74) is 1.31. The van der Waals surface area contributed by atoms with Crippen LogP contribution in [0.4, 0.5) is 11.4 Å². The number of para-hydroxylation sites is 1. The van der Waals surface area contributed by atoms with Gasteiger partial charge in [-0.3, -0.25) is 9.59 Å². The van der Waals surface area contributed by atoms with Crippen molar-refractivity contribution in [1.82, 2.24) is 0 Å². The Kier molecular flexibility index (Phi) is 7.38. The Balaban J connectivity index is 1.63. The van der Waals surface area contributed by atoms with Crippen LogP contribution in [0, 0.1) is 11.3 Å². The van der Waals surface area contributed by atoms with Gasteiger partial charge in [-0.15, -0.1) is 0 Å². The summed E-state index contributed by atoms with van der Waals surface area (Å²) < 4.78 is 10.4. The van der Waals surface area contributed by atoms with Crippen LogP contribution in [-0.4, -0.2) is 30.4 Å². The molecule has 8 nitrogen and oxygen atoms in total. The Morgan fingerprint density at radius 3 is 2.41 bits per heavy atom. The summed E-state index contributed by atoms with van der Waals surface area (Å²) in [7, 11) is 0. The molecule has 1 N–H and O–H groups in total. The topological polar surface area (TPSA) is 113 Å². The first-order chi connectivity index (χ1) is 15.5. The summed E-state index contributed by atoms with van der Waals surface area (Å²) in [6.45, 7) is 1.67. The highest BCUT2D eigenvalue weighted by molar-refractivity contribution is 6.02. The van der Waals surface area contributed by atoms with Crippen LogP contribution < -0.4 is 10.2 Å². The highest BCUT2D eigenvalue weighted by Gasteiger charge is 2.25. The number of rotatable bonds is 8. The lowest BCUT2D eigenvalue weighted by Gasteiger charge is -2.25. The molecule has 3 aromatic rings. The average molecular weight is 431 g/mol. The van der Waals surface area contributed by atoms with E-state index in [0.717, 1.165) is 0 Å². The fourth-order valence-electron chi connectivity index (χ4n) is 2.92. The zero-order valence-electron chi connectivity index (χ0n) is 17.4. The number of hydrogen-bond acceptors (Lipinski definition) is 6. The Morgan fingerprint density at radius 1 is 1.06 bits per heavy atom. The molecule has 32 heavy (non-hydrogen) atoms. The molecule has 1 aromatic heterocycles. The molecule has 2 aromatic carbocycles. The van der Waals surface area contributed by atoms with Gasteiger partial charge in [-0.25, -0.2) is 4.79 Å². The fraction of sp³-hybridized carbons (Fsp3) is 0.167. The maximum absolute atomic E-state index is 12.9. The van der Waals surface area contributed by atoms with Crippen molar-refractivity contribution in [2.24, 2.45) is 0 Å². The van der Waals surface area contributed by atoms with Gasteiger partial charge in [-0.2, -0.15) is 5.26 Å². The lowest BCUT2D eigenvalue weighted by Crippen LogP contribution is -2.40. The third-order valence-corrected chi connectivity index (χ3v) is 4.54. The maximum Gasteiger partial charge on any atom is 0.338 e. The molecule has 0 saturated carbocycles. The minimum atomic E-state index is -1.06. The van der Waals surface area contributed by atoms with Crippen LogP contribution in [-0.2, 0) is 9.53 Å². The van der Waals surface area contributed by atoms with Crippen LogP contribution in [0.1, 0.15) is 34.3 Å².